The zero-order valence-electron chi connectivity index (χ0n) is 8.62. The highest BCUT2D eigenvalue weighted by Crippen LogP contribution is 2.18. The van der Waals surface area contributed by atoms with Crippen LogP contribution >= 0.6 is 0 Å². The van der Waals surface area contributed by atoms with Crippen molar-refractivity contribution in [2.24, 2.45) is 0 Å². The summed E-state index contributed by atoms with van der Waals surface area (Å²) < 4.78 is 0. The molecular weight excluding hydrogens is 174 g/mol. The van der Waals surface area contributed by atoms with E-state index in [4.69, 9.17) is 12.2 Å². The number of aromatic nitrogens is 1. The van der Waals surface area contributed by atoms with Crippen LogP contribution in [0.25, 0.3) is 0 Å². The number of aryl methyl sites for hydroxylation is 1. The van der Waals surface area contributed by atoms with Crippen molar-refractivity contribution in [2.75, 3.05) is 23.7 Å². The minimum atomic E-state index is 0.578. The van der Waals surface area contributed by atoms with E-state index in [1.54, 1.807) is 6.20 Å². The lowest BCUT2D eigenvalue weighted by molar-refractivity contribution is 0.886. The number of anilines is 2. The number of hydrogen-bond donors (Lipinski definition) is 1. The van der Waals surface area contributed by atoms with E-state index in [1.807, 2.05) is 17.9 Å². The van der Waals surface area contributed by atoms with Crippen molar-refractivity contribution >= 4 is 11.5 Å². The van der Waals surface area contributed by atoms with E-state index in [-0.39, 0.29) is 0 Å². The number of nitrogens with two attached hydrogens (primary N) is 1. The number of terminal acetylenes is 1. The maximum Gasteiger partial charge on any atom is 0.132 e. The second-order valence-electron chi connectivity index (χ2n) is 3.13. The summed E-state index contributed by atoms with van der Waals surface area (Å²) in [5.41, 5.74) is 7.36. The summed E-state index contributed by atoms with van der Waals surface area (Å²) >= 11 is 0. The van der Waals surface area contributed by atoms with E-state index in [0.717, 1.165) is 17.9 Å². The average molecular weight is 189 g/mol. The van der Waals surface area contributed by atoms with Gasteiger partial charge in [-0.15, -0.1) is 6.42 Å². The third kappa shape index (κ3) is 2.17. The molecule has 1 rings (SSSR count). The standard InChI is InChI=1S/C11H15N3/c1-4-6-14(5-2)11-9(3)7-10(12)8-13-11/h1,7-8H,5-6,12H2,2-3H3. The minimum absolute atomic E-state index is 0.578. The van der Waals surface area contributed by atoms with Crippen LogP contribution in [0.5, 0.6) is 0 Å². The molecule has 1 aromatic rings. The molecule has 0 amide bonds. The van der Waals surface area contributed by atoms with Crippen LogP contribution in [0.15, 0.2) is 12.3 Å². The Kier molecular flexibility index (Phi) is 3.35. The van der Waals surface area contributed by atoms with Crippen LogP contribution in [-0.4, -0.2) is 18.1 Å². The van der Waals surface area contributed by atoms with Crippen molar-refractivity contribution in [3.63, 3.8) is 0 Å². The Morgan fingerprint density at radius 3 is 2.86 bits per heavy atom. The topological polar surface area (TPSA) is 42.2 Å². The molecule has 0 saturated carbocycles. The first kappa shape index (κ1) is 10.4. The Hall–Kier alpha value is -1.69. The first-order valence-corrected chi connectivity index (χ1v) is 4.59. The zero-order valence-corrected chi connectivity index (χ0v) is 8.62. The Labute approximate surface area is 84.9 Å². The van der Waals surface area contributed by atoms with E-state index in [1.165, 1.54) is 0 Å². The lowest BCUT2D eigenvalue weighted by Gasteiger charge is -2.20. The van der Waals surface area contributed by atoms with Gasteiger partial charge >= 0.3 is 0 Å². The molecule has 0 aliphatic rings. The smallest absolute Gasteiger partial charge is 0.132 e. The van der Waals surface area contributed by atoms with E-state index >= 15 is 0 Å². The largest absolute Gasteiger partial charge is 0.397 e. The molecule has 0 unspecified atom stereocenters. The summed E-state index contributed by atoms with van der Waals surface area (Å²) in [4.78, 5) is 6.31. The van der Waals surface area contributed by atoms with Gasteiger partial charge in [-0.25, -0.2) is 4.98 Å². The van der Waals surface area contributed by atoms with Gasteiger partial charge in [-0.2, -0.15) is 0 Å². The first-order valence-electron chi connectivity index (χ1n) is 4.59. The fourth-order valence-corrected chi connectivity index (χ4v) is 1.37. The molecule has 0 fully saturated rings. The summed E-state index contributed by atoms with van der Waals surface area (Å²) in [6.07, 6.45) is 6.93. The van der Waals surface area contributed by atoms with Gasteiger partial charge in [0.05, 0.1) is 18.4 Å². The molecule has 0 bridgehead atoms. The molecule has 0 aliphatic carbocycles. The molecule has 0 radical (unpaired) electrons. The average Bonchev–Trinajstić information content (AvgIpc) is 2.15. The molecule has 0 atom stereocenters. The Morgan fingerprint density at radius 2 is 2.36 bits per heavy atom. The van der Waals surface area contributed by atoms with Crippen LogP contribution in [0.4, 0.5) is 11.5 Å². The molecule has 2 N–H and O–H groups in total. The molecule has 0 spiro atoms. The SMILES string of the molecule is C#CCN(CC)c1ncc(N)cc1C. The molecule has 3 heteroatoms. The fourth-order valence-electron chi connectivity index (χ4n) is 1.37. The maximum atomic E-state index is 5.62. The van der Waals surface area contributed by atoms with Gasteiger partial charge in [0.15, 0.2) is 0 Å². The van der Waals surface area contributed by atoms with Gasteiger partial charge in [0.2, 0.25) is 0 Å². The van der Waals surface area contributed by atoms with Gasteiger partial charge in [-0.1, -0.05) is 5.92 Å². The monoisotopic (exact) mass is 189 g/mol. The maximum absolute atomic E-state index is 5.62. The second-order valence-corrected chi connectivity index (χ2v) is 3.13. The first-order chi connectivity index (χ1) is 6.69. The number of nitrogens with zero attached hydrogens (tertiary/aromatic N) is 2. The lowest BCUT2D eigenvalue weighted by Crippen LogP contribution is -2.24. The van der Waals surface area contributed by atoms with Gasteiger partial charge in [0.1, 0.15) is 5.82 Å². The summed E-state index contributed by atoms with van der Waals surface area (Å²) in [5, 5.41) is 0. The predicted molar refractivity (Wildman–Crippen MR) is 60.1 cm³/mol. The fraction of sp³-hybridized carbons (Fsp3) is 0.364. The van der Waals surface area contributed by atoms with Crippen molar-refractivity contribution in [1.82, 2.24) is 4.98 Å². The molecule has 0 saturated heterocycles. The third-order valence-electron chi connectivity index (χ3n) is 2.04. The Morgan fingerprint density at radius 1 is 1.64 bits per heavy atom. The molecular formula is C11H15N3. The predicted octanol–water partition coefficient (Wildman–Crippen LogP) is 1.43. The Balaban J connectivity index is 2.99. The number of nitrogen functional groups attached to an aromatic ring is 1. The van der Waals surface area contributed by atoms with Crippen LogP contribution in [0.1, 0.15) is 12.5 Å². The second kappa shape index (κ2) is 4.52. The molecule has 0 aromatic carbocycles. The molecule has 1 aromatic heterocycles. The van der Waals surface area contributed by atoms with Crippen molar-refractivity contribution < 1.29 is 0 Å². The normalized spacial score (nSPS) is 9.50. The highest BCUT2D eigenvalue weighted by Gasteiger charge is 2.07. The van der Waals surface area contributed by atoms with E-state index in [2.05, 4.69) is 17.8 Å². The van der Waals surface area contributed by atoms with Gasteiger partial charge in [0.25, 0.3) is 0 Å². The number of hydrogen-bond acceptors (Lipinski definition) is 3. The van der Waals surface area contributed by atoms with Crippen molar-refractivity contribution in [3.05, 3.63) is 17.8 Å². The summed E-state index contributed by atoms with van der Waals surface area (Å²) in [5.74, 6) is 3.53. The van der Waals surface area contributed by atoms with Gasteiger partial charge in [-0.3, -0.25) is 0 Å². The molecule has 74 valence electrons. The summed E-state index contributed by atoms with van der Waals surface area (Å²) in [6, 6.07) is 1.90. The van der Waals surface area contributed by atoms with Gasteiger partial charge in [0, 0.05) is 6.54 Å². The van der Waals surface area contributed by atoms with Crippen LogP contribution in [0, 0.1) is 19.3 Å². The minimum Gasteiger partial charge on any atom is -0.397 e. The highest BCUT2D eigenvalue weighted by molar-refractivity contribution is 5.53. The van der Waals surface area contributed by atoms with E-state index in [0.29, 0.717) is 12.2 Å². The van der Waals surface area contributed by atoms with Gasteiger partial charge < -0.3 is 10.6 Å². The molecule has 0 aliphatic heterocycles. The quantitative estimate of drug-likeness (QED) is 0.731. The molecule has 3 nitrogen and oxygen atoms in total. The third-order valence-corrected chi connectivity index (χ3v) is 2.04. The lowest BCUT2D eigenvalue weighted by atomic mass is 10.2. The van der Waals surface area contributed by atoms with Crippen LogP contribution in [0.3, 0.4) is 0 Å². The molecule has 1 heterocycles. The number of pyridine rings is 1. The van der Waals surface area contributed by atoms with E-state index < -0.39 is 0 Å². The van der Waals surface area contributed by atoms with Crippen LogP contribution < -0.4 is 10.6 Å². The van der Waals surface area contributed by atoms with E-state index in [9.17, 15) is 0 Å². The molecule has 14 heavy (non-hydrogen) atoms. The Bertz CT molecular complexity index is 352. The van der Waals surface area contributed by atoms with Crippen LogP contribution in [0.2, 0.25) is 0 Å². The van der Waals surface area contributed by atoms with Crippen molar-refractivity contribution in [3.8, 4) is 12.3 Å². The van der Waals surface area contributed by atoms with Crippen LogP contribution in [-0.2, 0) is 0 Å². The highest BCUT2D eigenvalue weighted by atomic mass is 15.2. The zero-order chi connectivity index (χ0) is 10.6. The summed E-state index contributed by atoms with van der Waals surface area (Å²) in [6.45, 7) is 5.46. The van der Waals surface area contributed by atoms with Gasteiger partial charge in [-0.05, 0) is 25.5 Å². The summed E-state index contributed by atoms with van der Waals surface area (Å²) in [7, 11) is 0. The number of rotatable bonds is 3. The van der Waals surface area contributed by atoms with Crippen molar-refractivity contribution in [1.29, 1.82) is 0 Å². The van der Waals surface area contributed by atoms with Crippen molar-refractivity contribution in [2.45, 2.75) is 13.8 Å².